The van der Waals surface area contributed by atoms with E-state index in [-0.39, 0.29) is 6.03 Å². The van der Waals surface area contributed by atoms with Gasteiger partial charge < -0.3 is 15.5 Å². The third-order valence-electron chi connectivity index (χ3n) is 6.24. The van der Waals surface area contributed by atoms with Crippen LogP contribution >= 0.6 is 27.5 Å². The summed E-state index contributed by atoms with van der Waals surface area (Å²) in [5, 5.41) is 0.826. The van der Waals surface area contributed by atoms with Crippen LogP contribution in [0.5, 0.6) is 0 Å². The summed E-state index contributed by atoms with van der Waals surface area (Å²) in [7, 11) is 0. The number of benzene rings is 1. The lowest BCUT2D eigenvalue weighted by molar-refractivity contribution is 0.161. The molecular weight excluding hydrogens is 426 g/mol. The normalized spacial score (nSPS) is 20.1. The number of nitrogens with zero attached hydrogens (tertiary/aromatic N) is 2. The lowest BCUT2D eigenvalue weighted by atomic mass is 9.89. The van der Waals surface area contributed by atoms with Crippen LogP contribution in [0.3, 0.4) is 0 Å². The molecule has 2 aliphatic rings. The Balaban J connectivity index is 1.32. The van der Waals surface area contributed by atoms with Crippen molar-refractivity contribution in [1.82, 2.24) is 9.80 Å². The van der Waals surface area contributed by atoms with Crippen LogP contribution in [0.1, 0.15) is 44.1 Å². The molecular formula is C21H31BrClN3O. The first-order valence-electron chi connectivity index (χ1n) is 10.2. The van der Waals surface area contributed by atoms with Crippen molar-refractivity contribution >= 4 is 33.6 Å². The van der Waals surface area contributed by atoms with E-state index < -0.39 is 0 Å². The highest BCUT2D eigenvalue weighted by atomic mass is 79.9. The number of hydrogen-bond acceptors (Lipinski definition) is 2. The van der Waals surface area contributed by atoms with Crippen molar-refractivity contribution in [3.05, 3.63) is 33.3 Å². The van der Waals surface area contributed by atoms with E-state index >= 15 is 0 Å². The Morgan fingerprint density at radius 1 is 1.11 bits per heavy atom. The standard InChI is InChI=1S/C21H31BrClN3O/c22-20-4-3-19(23)15-18(20)14-17-5-10-25(11-6-17)9-1-2-16-7-12-26(13-8-16)21(24)27/h3-4,15-17H,1-2,5-14H2,(H2,24,27). The van der Waals surface area contributed by atoms with Gasteiger partial charge in [0.05, 0.1) is 0 Å². The van der Waals surface area contributed by atoms with E-state index in [4.69, 9.17) is 17.3 Å². The average Bonchev–Trinajstić information content (AvgIpc) is 2.66. The molecule has 1 aromatic rings. The van der Waals surface area contributed by atoms with Crippen molar-refractivity contribution in [3.63, 3.8) is 0 Å². The fraction of sp³-hybridized carbons (Fsp3) is 0.667. The van der Waals surface area contributed by atoms with Gasteiger partial charge in [-0.05, 0) is 100 Å². The molecule has 0 saturated carbocycles. The maximum Gasteiger partial charge on any atom is 0.314 e. The Morgan fingerprint density at radius 2 is 1.78 bits per heavy atom. The summed E-state index contributed by atoms with van der Waals surface area (Å²) in [6.45, 7) is 5.31. The summed E-state index contributed by atoms with van der Waals surface area (Å²) in [6.07, 6.45) is 8.44. The predicted octanol–water partition coefficient (Wildman–Crippen LogP) is 4.93. The van der Waals surface area contributed by atoms with Gasteiger partial charge in [0.1, 0.15) is 0 Å². The van der Waals surface area contributed by atoms with Crippen LogP contribution in [0.2, 0.25) is 5.02 Å². The number of likely N-dealkylation sites (tertiary alicyclic amines) is 2. The Bertz CT molecular complexity index is 626. The first kappa shape index (κ1) is 20.9. The van der Waals surface area contributed by atoms with Crippen molar-refractivity contribution in [3.8, 4) is 0 Å². The zero-order valence-corrected chi connectivity index (χ0v) is 18.3. The van der Waals surface area contributed by atoms with Crippen LogP contribution in [0.15, 0.2) is 22.7 Å². The largest absolute Gasteiger partial charge is 0.351 e. The molecule has 6 heteroatoms. The third kappa shape index (κ3) is 6.37. The zero-order valence-electron chi connectivity index (χ0n) is 16.0. The highest BCUT2D eigenvalue weighted by Gasteiger charge is 2.23. The molecule has 2 saturated heterocycles. The second-order valence-corrected chi connectivity index (χ2v) is 9.43. The molecule has 0 unspecified atom stereocenters. The summed E-state index contributed by atoms with van der Waals surface area (Å²) < 4.78 is 1.18. The van der Waals surface area contributed by atoms with Gasteiger partial charge in [-0.15, -0.1) is 0 Å². The van der Waals surface area contributed by atoms with Crippen molar-refractivity contribution < 1.29 is 4.79 Å². The van der Waals surface area contributed by atoms with Crippen molar-refractivity contribution in [2.45, 2.75) is 44.9 Å². The fourth-order valence-corrected chi connectivity index (χ4v) is 5.07. The molecule has 4 nitrogen and oxygen atoms in total. The lowest BCUT2D eigenvalue weighted by Gasteiger charge is -2.33. The van der Waals surface area contributed by atoms with Gasteiger partial charge in [0.2, 0.25) is 0 Å². The SMILES string of the molecule is NC(=O)N1CCC(CCCN2CCC(Cc3cc(Cl)ccc3Br)CC2)CC1. The quantitative estimate of drug-likeness (QED) is 0.660. The minimum atomic E-state index is -0.263. The van der Waals surface area contributed by atoms with E-state index in [9.17, 15) is 4.79 Å². The molecule has 2 fully saturated rings. The number of carbonyl (C=O) groups excluding carboxylic acids is 1. The van der Waals surface area contributed by atoms with Crippen molar-refractivity contribution in [2.75, 3.05) is 32.7 Å². The highest BCUT2D eigenvalue weighted by molar-refractivity contribution is 9.10. The maximum atomic E-state index is 11.2. The molecule has 0 aromatic heterocycles. The fourth-order valence-electron chi connectivity index (χ4n) is 4.47. The number of halogens is 2. The number of piperidine rings is 2. The van der Waals surface area contributed by atoms with E-state index in [0.29, 0.717) is 0 Å². The molecule has 0 aliphatic carbocycles. The number of carbonyl (C=O) groups is 1. The molecule has 1 aromatic carbocycles. The van der Waals surface area contributed by atoms with Gasteiger partial charge in [0.25, 0.3) is 0 Å². The van der Waals surface area contributed by atoms with Crippen molar-refractivity contribution in [2.24, 2.45) is 17.6 Å². The highest BCUT2D eigenvalue weighted by Crippen LogP contribution is 2.28. The lowest BCUT2D eigenvalue weighted by Crippen LogP contribution is -2.41. The number of primary amides is 1. The summed E-state index contributed by atoms with van der Waals surface area (Å²) in [5.74, 6) is 1.52. The molecule has 2 heterocycles. The molecule has 0 spiro atoms. The predicted molar refractivity (Wildman–Crippen MR) is 115 cm³/mol. The monoisotopic (exact) mass is 455 g/mol. The summed E-state index contributed by atoms with van der Waals surface area (Å²) in [4.78, 5) is 15.6. The van der Waals surface area contributed by atoms with E-state index in [1.54, 1.807) is 4.90 Å². The van der Waals surface area contributed by atoms with Gasteiger partial charge in [-0.1, -0.05) is 27.5 Å². The Hall–Kier alpha value is -0.780. The Morgan fingerprint density at radius 3 is 2.44 bits per heavy atom. The van der Waals surface area contributed by atoms with Gasteiger partial charge in [0.15, 0.2) is 0 Å². The maximum absolute atomic E-state index is 11.2. The van der Waals surface area contributed by atoms with E-state index in [1.165, 1.54) is 55.4 Å². The van der Waals surface area contributed by atoms with Gasteiger partial charge >= 0.3 is 6.03 Å². The first-order chi connectivity index (χ1) is 13.0. The van der Waals surface area contributed by atoms with Crippen molar-refractivity contribution in [1.29, 1.82) is 0 Å². The number of amides is 2. The molecule has 2 N–H and O–H groups in total. The molecule has 27 heavy (non-hydrogen) atoms. The summed E-state index contributed by atoms with van der Waals surface area (Å²) in [6, 6.07) is 5.83. The average molecular weight is 457 g/mol. The number of urea groups is 1. The van der Waals surface area contributed by atoms with Gasteiger partial charge in [-0.3, -0.25) is 0 Å². The van der Waals surface area contributed by atoms with E-state index in [2.05, 4.69) is 33.0 Å². The number of nitrogens with two attached hydrogens (primary N) is 1. The molecule has 2 aliphatic heterocycles. The molecule has 3 rings (SSSR count). The first-order valence-corrected chi connectivity index (χ1v) is 11.4. The number of rotatable bonds is 6. The van der Waals surface area contributed by atoms with E-state index in [1.807, 2.05) is 6.07 Å². The topological polar surface area (TPSA) is 49.6 Å². The van der Waals surface area contributed by atoms with Gasteiger partial charge in [-0.25, -0.2) is 4.79 Å². The van der Waals surface area contributed by atoms with Crippen LogP contribution in [-0.4, -0.2) is 48.6 Å². The van der Waals surface area contributed by atoms with Crippen LogP contribution in [0.4, 0.5) is 4.79 Å². The van der Waals surface area contributed by atoms with Gasteiger partial charge in [-0.2, -0.15) is 0 Å². The number of hydrogen-bond donors (Lipinski definition) is 1. The smallest absolute Gasteiger partial charge is 0.314 e. The molecule has 150 valence electrons. The molecule has 0 radical (unpaired) electrons. The molecule has 0 bridgehead atoms. The minimum absolute atomic E-state index is 0.263. The van der Waals surface area contributed by atoms with Gasteiger partial charge in [0, 0.05) is 22.6 Å². The summed E-state index contributed by atoms with van der Waals surface area (Å²) >= 11 is 9.80. The van der Waals surface area contributed by atoms with Crippen LogP contribution in [0.25, 0.3) is 0 Å². The van der Waals surface area contributed by atoms with E-state index in [0.717, 1.165) is 49.2 Å². The van der Waals surface area contributed by atoms with Crippen LogP contribution in [-0.2, 0) is 6.42 Å². The molecule has 0 atom stereocenters. The van der Waals surface area contributed by atoms with Crippen LogP contribution < -0.4 is 5.73 Å². The second kappa shape index (κ2) is 10.1. The summed E-state index contributed by atoms with van der Waals surface area (Å²) in [5.41, 5.74) is 6.69. The molecule has 2 amide bonds. The zero-order chi connectivity index (χ0) is 19.2. The Kier molecular flexibility index (Phi) is 7.86. The van der Waals surface area contributed by atoms with Crippen LogP contribution in [0, 0.1) is 11.8 Å². The Labute approximate surface area is 176 Å². The minimum Gasteiger partial charge on any atom is -0.351 e. The second-order valence-electron chi connectivity index (χ2n) is 8.14. The third-order valence-corrected chi connectivity index (χ3v) is 7.25.